The molecule has 0 radical (unpaired) electrons. The molecule has 0 aliphatic rings. The quantitative estimate of drug-likeness (QED) is 0.615. The number of fused-ring (bicyclic) bond motifs is 1. The summed E-state index contributed by atoms with van der Waals surface area (Å²) in [6.45, 7) is 0.362. The van der Waals surface area contributed by atoms with E-state index in [0.717, 1.165) is 27.6 Å². The van der Waals surface area contributed by atoms with E-state index in [1.54, 1.807) is 12.4 Å². The molecule has 6 nitrogen and oxygen atoms in total. The smallest absolute Gasteiger partial charge is 0.263 e. The van der Waals surface area contributed by atoms with Gasteiger partial charge in [-0.1, -0.05) is 18.2 Å². The van der Waals surface area contributed by atoms with Gasteiger partial charge in [0.2, 0.25) is 0 Å². The van der Waals surface area contributed by atoms with Crippen molar-refractivity contribution in [3.05, 3.63) is 65.6 Å². The van der Waals surface area contributed by atoms with Crippen LogP contribution < -0.4 is 5.32 Å². The van der Waals surface area contributed by atoms with Crippen molar-refractivity contribution in [1.29, 1.82) is 0 Å². The molecule has 0 aliphatic heterocycles. The standard InChI is InChI=1S/C18H15N5OS/c1-23-14-8-3-2-6-12(14)22-16(23)11-20-17(24)15-10-21-18(25-15)13-7-4-5-9-19-13/h2-10H,11H2,1H3,(H,20,24). The monoisotopic (exact) mass is 349 g/mol. The number of aryl methyl sites for hydroxylation is 1. The molecule has 0 atom stereocenters. The van der Waals surface area contributed by atoms with E-state index in [9.17, 15) is 4.79 Å². The molecule has 0 fully saturated rings. The Morgan fingerprint density at radius 2 is 2.00 bits per heavy atom. The number of carbonyl (C=O) groups is 1. The molecule has 1 amide bonds. The summed E-state index contributed by atoms with van der Waals surface area (Å²) in [5.41, 5.74) is 2.73. The lowest BCUT2D eigenvalue weighted by atomic mass is 10.3. The number of para-hydroxylation sites is 2. The Bertz CT molecular complexity index is 1040. The van der Waals surface area contributed by atoms with Gasteiger partial charge in [-0.05, 0) is 24.3 Å². The number of benzene rings is 1. The number of hydrogen-bond donors (Lipinski definition) is 1. The number of amides is 1. The van der Waals surface area contributed by atoms with E-state index in [4.69, 9.17) is 0 Å². The van der Waals surface area contributed by atoms with Gasteiger partial charge in [-0.3, -0.25) is 9.78 Å². The summed E-state index contributed by atoms with van der Waals surface area (Å²) >= 11 is 1.33. The zero-order chi connectivity index (χ0) is 17.2. The van der Waals surface area contributed by atoms with Gasteiger partial charge >= 0.3 is 0 Å². The second-order valence-corrected chi connectivity index (χ2v) is 6.53. The van der Waals surface area contributed by atoms with E-state index >= 15 is 0 Å². The van der Waals surface area contributed by atoms with E-state index in [1.165, 1.54) is 11.3 Å². The van der Waals surface area contributed by atoms with E-state index in [1.807, 2.05) is 54.1 Å². The SMILES string of the molecule is Cn1c(CNC(=O)c2cnc(-c3ccccn3)s2)nc2ccccc21. The topological polar surface area (TPSA) is 72.7 Å². The van der Waals surface area contributed by atoms with Crippen LogP contribution in [0.3, 0.4) is 0 Å². The van der Waals surface area contributed by atoms with Gasteiger partial charge in [-0.25, -0.2) is 9.97 Å². The van der Waals surface area contributed by atoms with Crippen LogP contribution in [-0.2, 0) is 13.6 Å². The number of pyridine rings is 1. The average molecular weight is 349 g/mol. The minimum Gasteiger partial charge on any atom is -0.344 e. The molecule has 7 heteroatoms. The van der Waals surface area contributed by atoms with Gasteiger partial charge in [0, 0.05) is 13.2 Å². The van der Waals surface area contributed by atoms with Crippen LogP contribution in [0.1, 0.15) is 15.5 Å². The van der Waals surface area contributed by atoms with Gasteiger partial charge < -0.3 is 9.88 Å². The Morgan fingerprint density at radius 1 is 1.16 bits per heavy atom. The maximum Gasteiger partial charge on any atom is 0.263 e. The molecule has 4 rings (SSSR count). The normalized spacial score (nSPS) is 10.9. The Hall–Kier alpha value is -3.06. The number of carbonyl (C=O) groups excluding carboxylic acids is 1. The molecule has 25 heavy (non-hydrogen) atoms. The highest BCUT2D eigenvalue weighted by atomic mass is 32.1. The fourth-order valence-corrected chi connectivity index (χ4v) is 3.40. The van der Waals surface area contributed by atoms with Gasteiger partial charge in [0.05, 0.1) is 29.5 Å². The highest BCUT2D eigenvalue weighted by Gasteiger charge is 2.14. The number of nitrogens with zero attached hydrogens (tertiary/aromatic N) is 4. The molecular formula is C18H15N5OS. The van der Waals surface area contributed by atoms with Gasteiger partial charge in [0.25, 0.3) is 5.91 Å². The van der Waals surface area contributed by atoms with Gasteiger partial charge in [0.15, 0.2) is 0 Å². The number of thiazole rings is 1. The summed E-state index contributed by atoms with van der Waals surface area (Å²) < 4.78 is 1.99. The molecule has 0 unspecified atom stereocenters. The summed E-state index contributed by atoms with van der Waals surface area (Å²) in [6, 6.07) is 13.5. The summed E-state index contributed by atoms with van der Waals surface area (Å²) in [4.78, 5) is 26.0. The largest absolute Gasteiger partial charge is 0.344 e. The molecule has 4 aromatic rings. The first-order valence-electron chi connectivity index (χ1n) is 7.78. The highest BCUT2D eigenvalue weighted by molar-refractivity contribution is 7.16. The molecule has 0 saturated heterocycles. The average Bonchev–Trinajstić information content (AvgIpc) is 3.26. The predicted octanol–water partition coefficient (Wildman–Crippen LogP) is 3.02. The summed E-state index contributed by atoms with van der Waals surface area (Å²) in [7, 11) is 1.95. The summed E-state index contributed by atoms with van der Waals surface area (Å²) in [5, 5.41) is 3.64. The Morgan fingerprint density at radius 3 is 2.80 bits per heavy atom. The molecule has 124 valence electrons. The zero-order valence-electron chi connectivity index (χ0n) is 13.5. The van der Waals surface area contributed by atoms with Crippen LogP contribution >= 0.6 is 11.3 Å². The second-order valence-electron chi connectivity index (χ2n) is 5.50. The fourth-order valence-electron chi connectivity index (χ4n) is 2.59. The molecule has 0 aliphatic carbocycles. The van der Waals surface area contributed by atoms with Crippen LogP contribution in [0.15, 0.2) is 54.9 Å². The summed E-state index contributed by atoms with van der Waals surface area (Å²) in [5.74, 6) is 0.649. The molecule has 0 spiro atoms. The van der Waals surface area contributed by atoms with Crippen molar-refractivity contribution < 1.29 is 4.79 Å². The molecule has 1 N–H and O–H groups in total. The zero-order valence-corrected chi connectivity index (χ0v) is 14.3. The second kappa shape index (κ2) is 6.45. The van der Waals surface area contributed by atoms with Crippen molar-refractivity contribution in [2.45, 2.75) is 6.54 Å². The van der Waals surface area contributed by atoms with Crippen molar-refractivity contribution in [3.8, 4) is 10.7 Å². The van der Waals surface area contributed by atoms with E-state index in [2.05, 4.69) is 20.3 Å². The minimum absolute atomic E-state index is 0.160. The van der Waals surface area contributed by atoms with Crippen molar-refractivity contribution >= 4 is 28.3 Å². The minimum atomic E-state index is -0.160. The number of rotatable bonds is 4. The number of imidazole rings is 1. The van der Waals surface area contributed by atoms with E-state index in [-0.39, 0.29) is 5.91 Å². The van der Waals surface area contributed by atoms with Crippen LogP contribution in [0, 0.1) is 0 Å². The van der Waals surface area contributed by atoms with Crippen LogP contribution in [0.2, 0.25) is 0 Å². The Labute approximate surface area is 148 Å². The van der Waals surface area contributed by atoms with Crippen molar-refractivity contribution in [3.63, 3.8) is 0 Å². The van der Waals surface area contributed by atoms with Crippen LogP contribution in [-0.4, -0.2) is 25.4 Å². The van der Waals surface area contributed by atoms with Crippen LogP contribution in [0.25, 0.3) is 21.7 Å². The van der Waals surface area contributed by atoms with Crippen molar-refractivity contribution in [2.75, 3.05) is 0 Å². The third-order valence-electron chi connectivity index (χ3n) is 3.90. The third-order valence-corrected chi connectivity index (χ3v) is 4.92. The lowest BCUT2D eigenvalue weighted by Crippen LogP contribution is -2.23. The molecule has 0 saturated carbocycles. The molecule has 3 aromatic heterocycles. The lowest BCUT2D eigenvalue weighted by molar-refractivity contribution is 0.0953. The van der Waals surface area contributed by atoms with Gasteiger partial charge in [-0.15, -0.1) is 11.3 Å². The van der Waals surface area contributed by atoms with E-state index in [0.29, 0.717) is 11.4 Å². The summed E-state index contributed by atoms with van der Waals surface area (Å²) in [6.07, 6.45) is 3.29. The van der Waals surface area contributed by atoms with Crippen LogP contribution in [0.4, 0.5) is 0 Å². The number of aromatic nitrogens is 4. The molecule has 3 heterocycles. The number of hydrogen-bond acceptors (Lipinski definition) is 5. The predicted molar refractivity (Wildman–Crippen MR) is 97.2 cm³/mol. The van der Waals surface area contributed by atoms with Crippen molar-refractivity contribution in [1.82, 2.24) is 24.8 Å². The first-order chi connectivity index (χ1) is 12.2. The first kappa shape index (κ1) is 15.5. The van der Waals surface area contributed by atoms with Crippen molar-refractivity contribution in [2.24, 2.45) is 7.05 Å². The molecular weight excluding hydrogens is 334 g/mol. The maximum absolute atomic E-state index is 12.4. The fraction of sp³-hybridized carbons (Fsp3) is 0.111. The first-order valence-corrected chi connectivity index (χ1v) is 8.60. The van der Waals surface area contributed by atoms with Crippen LogP contribution in [0.5, 0.6) is 0 Å². The maximum atomic E-state index is 12.4. The molecule has 0 bridgehead atoms. The molecule has 1 aromatic carbocycles. The highest BCUT2D eigenvalue weighted by Crippen LogP contribution is 2.23. The Kier molecular flexibility index (Phi) is 3.99. The van der Waals surface area contributed by atoms with E-state index < -0.39 is 0 Å². The third kappa shape index (κ3) is 3.01. The Balaban J connectivity index is 1.49. The van der Waals surface area contributed by atoms with Gasteiger partial charge in [0.1, 0.15) is 15.7 Å². The lowest BCUT2D eigenvalue weighted by Gasteiger charge is -2.04. The number of nitrogens with one attached hydrogen (secondary N) is 1. The van der Waals surface area contributed by atoms with Gasteiger partial charge in [-0.2, -0.15) is 0 Å².